The van der Waals surface area contributed by atoms with Gasteiger partial charge in [-0.05, 0) is 66.2 Å². The Kier molecular flexibility index (Phi) is 4.56. The van der Waals surface area contributed by atoms with Gasteiger partial charge in [-0.15, -0.1) is 0 Å². The Balaban J connectivity index is 1.60. The number of thiophene rings is 1. The topological polar surface area (TPSA) is 68.0 Å². The lowest BCUT2D eigenvalue weighted by atomic mass is 9.98. The molecule has 0 bridgehead atoms. The second-order valence-electron chi connectivity index (χ2n) is 6.22. The number of nitrogens with zero attached hydrogens (tertiary/aromatic N) is 2. The van der Waals surface area contributed by atoms with Gasteiger partial charge in [-0.2, -0.15) is 16.3 Å². The van der Waals surface area contributed by atoms with Crippen LogP contribution in [0.2, 0.25) is 0 Å². The van der Waals surface area contributed by atoms with Crippen LogP contribution >= 0.6 is 11.3 Å². The number of rotatable bonds is 4. The Morgan fingerprint density at radius 3 is 2.48 bits per heavy atom. The molecule has 2 heterocycles. The van der Waals surface area contributed by atoms with Crippen molar-refractivity contribution < 1.29 is 9.32 Å². The molecule has 5 nitrogen and oxygen atoms in total. The van der Waals surface area contributed by atoms with Gasteiger partial charge in [-0.25, -0.2) is 0 Å². The minimum absolute atomic E-state index is 0.104. The first-order chi connectivity index (χ1) is 13.1. The van der Waals surface area contributed by atoms with Crippen LogP contribution in [0.3, 0.4) is 0 Å². The molecule has 4 rings (SSSR count). The first-order valence-corrected chi connectivity index (χ1v) is 9.40. The summed E-state index contributed by atoms with van der Waals surface area (Å²) in [5, 5.41) is 10.5. The maximum Gasteiger partial charge on any atom is 0.257 e. The average molecular weight is 375 g/mol. The Labute approximate surface area is 160 Å². The number of aryl methyl sites for hydroxylation is 2. The molecule has 27 heavy (non-hydrogen) atoms. The predicted molar refractivity (Wildman–Crippen MR) is 107 cm³/mol. The highest BCUT2D eigenvalue weighted by atomic mass is 32.1. The molecule has 4 aromatic rings. The maximum absolute atomic E-state index is 12.3. The zero-order chi connectivity index (χ0) is 18.8. The second kappa shape index (κ2) is 7.17. The largest absolute Gasteiger partial charge is 0.334 e. The monoisotopic (exact) mass is 375 g/mol. The number of carbonyl (C=O) groups excluding carboxylic acids is 1. The zero-order valence-corrected chi connectivity index (χ0v) is 15.7. The summed E-state index contributed by atoms with van der Waals surface area (Å²) in [5.41, 5.74) is 5.55. The van der Waals surface area contributed by atoms with E-state index in [1.165, 1.54) is 11.3 Å². The first-order valence-electron chi connectivity index (χ1n) is 8.45. The molecule has 0 saturated heterocycles. The van der Waals surface area contributed by atoms with E-state index in [1.807, 2.05) is 59.3 Å². The van der Waals surface area contributed by atoms with Gasteiger partial charge in [0.2, 0.25) is 0 Å². The molecule has 134 valence electrons. The van der Waals surface area contributed by atoms with Gasteiger partial charge in [0.05, 0.1) is 5.56 Å². The molecule has 0 spiro atoms. The van der Waals surface area contributed by atoms with Crippen molar-refractivity contribution in [2.45, 2.75) is 13.8 Å². The smallest absolute Gasteiger partial charge is 0.257 e. The number of nitrogens with one attached hydrogen (secondary N) is 1. The number of aromatic nitrogens is 2. The minimum Gasteiger partial charge on any atom is -0.334 e. The third kappa shape index (κ3) is 3.66. The van der Waals surface area contributed by atoms with Crippen LogP contribution < -0.4 is 5.32 Å². The van der Waals surface area contributed by atoms with Crippen LogP contribution in [0.5, 0.6) is 0 Å². The van der Waals surface area contributed by atoms with Crippen molar-refractivity contribution in [3.05, 3.63) is 76.2 Å². The van der Waals surface area contributed by atoms with Crippen LogP contribution in [0.4, 0.5) is 5.69 Å². The maximum atomic E-state index is 12.3. The van der Waals surface area contributed by atoms with E-state index in [9.17, 15) is 4.79 Å². The molecule has 1 amide bonds. The summed E-state index contributed by atoms with van der Waals surface area (Å²) in [6.07, 6.45) is 0. The minimum atomic E-state index is -0.104. The summed E-state index contributed by atoms with van der Waals surface area (Å²) in [6.45, 7) is 3.84. The van der Waals surface area contributed by atoms with Crippen LogP contribution in [-0.4, -0.2) is 16.0 Å². The van der Waals surface area contributed by atoms with Gasteiger partial charge in [0.15, 0.2) is 5.82 Å². The molecule has 1 N–H and O–H groups in total. The molecule has 2 aromatic heterocycles. The van der Waals surface area contributed by atoms with Gasteiger partial charge in [0.1, 0.15) is 0 Å². The molecule has 0 fully saturated rings. The van der Waals surface area contributed by atoms with Gasteiger partial charge in [-0.3, -0.25) is 4.79 Å². The van der Waals surface area contributed by atoms with Gasteiger partial charge in [-0.1, -0.05) is 23.4 Å². The highest BCUT2D eigenvalue weighted by Crippen LogP contribution is 2.29. The first kappa shape index (κ1) is 17.2. The fourth-order valence-corrected chi connectivity index (χ4v) is 3.45. The quantitative estimate of drug-likeness (QED) is 0.523. The third-order valence-electron chi connectivity index (χ3n) is 4.25. The molecule has 0 aliphatic rings. The number of hydrogen-bond acceptors (Lipinski definition) is 5. The van der Waals surface area contributed by atoms with E-state index < -0.39 is 0 Å². The van der Waals surface area contributed by atoms with Crippen LogP contribution in [0.15, 0.2) is 63.8 Å². The Morgan fingerprint density at radius 2 is 1.81 bits per heavy atom. The Bertz CT molecular complexity index is 1080. The second-order valence-corrected chi connectivity index (χ2v) is 7.00. The molecule has 0 aliphatic heterocycles. The summed E-state index contributed by atoms with van der Waals surface area (Å²) in [7, 11) is 0. The fourth-order valence-electron chi connectivity index (χ4n) is 2.81. The number of carbonyl (C=O) groups is 1. The molecular formula is C21H17N3O2S. The lowest BCUT2D eigenvalue weighted by Crippen LogP contribution is -2.10. The normalized spacial score (nSPS) is 10.7. The molecule has 0 aliphatic carbocycles. The Morgan fingerprint density at radius 1 is 1.04 bits per heavy atom. The average Bonchev–Trinajstić information content (AvgIpc) is 3.35. The number of anilines is 1. The van der Waals surface area contributed by atoms with Crippen molar-refractivity contribution in [1.82, 2.24) is 10.1 Å². The SMILES string of the molecule is Cc1noc(-c2ccc(-c3cc(NC(=O)c4ccsc4)ccc3C)cc2)n1. The van der Waals surface area contributed by atoms with Crippen molar-refractivity contribution in [2.24, 2.45) is 0 Å². The predicted octanol–water partition coefficient (Wildman–Crippen LogP) is 5.33. The molecule has 6 heteroatoms. The summed E-state index contributed by atoms with van der Waals surface area (Å²) >= 11 is 1.50. The van der Waals surface area contributed by atoms with E-state index in [2.05, 4.69) is 22.4 Å². The van der Waals surface area contributed by atoms with E-state index in [4.69, 9.17) is 4.52 Å². The van der Waals surface area contributed by atoms with Crippen LogP contribution in [-0.2, 0) is 0 Å². The summed E-state index contributed by atoms with van der Waals surface area (Å²) in [6, 6.07) is 15.7. The van der Waals surface area contributed by atoms with Crippen LogP contribution in [0.25, 0.3) is 22.6 Å². The molecule has 0 radical (unpaired) electrons. The van der Waals surface area contributed by atoms with Crippen molar-refractivity contribution in [1.29, 1.82) is 0 Å². The number of benzene rings is 2. The summed E-state index contributed by atoms with van der Waals surface area (Å²) < 4.78 is 5.21. The van der Waals surface area contributed by atoms with E-state index in [1.54, 1.807) is 6.92 Å². The fraction of sp³-hybridized carbons (Fsp3) is 0.0952. The summed E-state index contributed by atoms with van der Waals surface area (Å²) in [5.74, 6) is 1.01. The van der Waals surface area contributed by atoms with Crippen molar-refractivity contribution >= 4 is 22.9 Å². The molecular weight excluding hydrogens is 358 g/mol. The number of amides is 1. The molecule has 0 atom stereocenters. The standard InChI is InChI=1S/C21H17N3O2S/c1-13-3-8-18(23-20(25)17-9-10-27-12-17)11-19(13)15-4-6-16(7-5-15)21-22-14(2)24-26-21/h3-12H,1-2H3,(H,23,25). The molecule has 0 unspecified atom stereocenters. The van der Waals surface area contributed by atoms with Crippen molar-refractivity contribution in [3.63, 3.8) is 0 Å². The lowest BCUT2D eigenvalue weighted by molar-refractivity contribution is 0.102. The van der Waals surface area contributed by atoms with Gasteiger partial charge >= 0.3 is 0 Å². The highest BCUT2D eigenvalue weighted by molar-refractivity contribution is 7.08. The highest BCUT2D eigenvalue weighted by Gasteiger charge is 2.10. The molecule has 2 aromatic carbocycles. The van der Waals surface area contributed by atoms with Gasteiger partial charge in [0.25, 0.3) is 11.8 Å². The third-order valence-corrected chi connectivity index (χ3v) is 4.93. The van der Waals surface area contributed by atoms with Crippen LogP contribution in [0.1, 0.15) is 21.7 Å². The van der Waals surface area contributed by atoms with E-state index >= 15 is 0 Å². The number of hydrogen-bond donors (Lipinski definition) is 1. The molecule has 0 saturated carbocycles. The summed E-state index contributed by atoms with van der Waals surface area (Å²) in [4.78, 5) is 16.5. The van der Waals surface area contributed by atoms with Crippen LogP contribution in [0, 0.1) is 13.8 Å². The van der Waals surface area contributed by atoms with E-state index in [-0.39, 0.29) is 5.91 Å². The van der Waals surface area contributed by atoms with E-state index in [0.29, 0.717) is 17.3 Å². The van der Waals surface area contributed by atoms with Crippen molar-refractivity contribution in [2.75, 3.05) is 5.32 Å². The van der Waals surface area contributed by atoms with Gasteiger partial charge in [0, 0.05) is 16.6 Å². The lowest BCUT2D eigenvalue weighted by Gasteiger charge is -2.10. The zero-order valence-electron chi connectivity index (χ0n) is 14.9. The Hall–Kier alpha value is -3.25. The van der Waals surface area contributed by atoms with Gasteiger partial charge < -0.3 is 9.84 Å². The van der Waals surface area contributed by atoms with E-state index in [0.717, 1.165) is 27.9 Å². The van der Waals surface area contributed by atoms with Crippen molar-refractivity contribution in [3.8, 4) is 22.6 Å².